The lowest BCUT2D eigenvalue weighted by atomic mass is 10.2. The average Bonchev–Trinajstić information content (AvgIpc) is 3.30. The Bertz CT molecular complexity index is 1090. The molecule has 0 saturated heterocycles. The zero-order valence-corrected chi connectivity index (χ0v) is 15.8. The molecule has 0 aliphatic rings. The SMILES string of the molecule is Cc1ccccc1OCc1ccc(-c2nc(-c3ccc(Cl)cc3Cl)no2)o1. The van der Waals surface area contributed by atoms with E-state index in [4.69, 9.17) is 36.9 Å². The van der Waals surface area contributed by atoms with Crippen LogP contribution in [0.25, 0.3) is 23.0 Å². The highest BCUT2D eigenvalue weighted by molar-refractivity contribution is 6.36. The number of benzene rings is 2. The second kappa shape index (κ2) is 7.47. The van der Waals surface area contributed by atoms with Crippen LogP contribution in [0.4, 0.5) is 0 Å². The zero-order chi connectivity index (χ0) is 18.8. The minimum Gasteiger partial charge on any atom is -0.485 e. The van der Waals surface area contributed by atoms with Crippen molar-refractivity contribution in [1.82, 2.24) is 10.1 Å². The van der Waals surface area contributed by atoms with Crippen molar-refractivity contribution in [2.45, 2.75) is 13.5 Å². The van der Waals surface area contributed by atoms with Crippen LogP contribution in [0.2, 0.25) is 10.0 Å². The van der Waals surface area contributed by atoms with E-state index in [2.05, 4.69) is 10.1 Å². The minimum atomic E-state index is 0.262. The summed E-state index contributed by atoms with van der Waals surface area (Å²) < 4.78 is 16.8. The topological polar surface area (TPSA) is 61.3 Å². The second-order valence-corrected chi connectivity index (χ2v) is 6.71. The van der Waals surface area contributed by atoms with Gasteiger partial charge >= 0.3 is 0 Å². The third-order valence-electron chi connectivity index (χ3n) is 3.93. The Morgan fingerprint density at radius 1 is 1.04 bits per heavy atom. The molecule has 2 heterocycles. The third-order valence-corrected chi connectivity index (χ3v) is 4.48. The van der Waals surface area contributed by atoms with Crippen molar-refractivity contribution in [3.05, 3.63) is 76.0 Å². The molecule has 0 radical (unpaired) electrons. The largest absolute Gasteiger partial charge is 0.485 e. The van der Waals surface area contributed by atoms with Crippen LogP contribution in [-0.2, 0) is 6.61 Å². The fraction of sp³-hybridized carbons (Fsp3) is 0.100. The number of aryl methyl sites for hydroxylation is 1. The molecular formula is C20H14Cl2N2O3. The van der Waals surface area contributed by atoms with E-state index in [1.165, 1.54) is 0 Å². The molecule has 7 heteroatoms. The smallest absolute Gasteiger partial charge is 0.293 e. The van der Waals surface area contributed by atoms with Gasteiger partial charge in [0.1, 0.15) is 18.1 Å². The van der Waals surface area contributed by atoms with E-state index >= 15 is 0 Å². The summed E-state index contributed by atoms with van der Waals surface area (Å²) in [5, 5.41) is 4.95. The summed E-state index contributed by atoms with van der Waals surface area (Å²) in [5.74, 6) is 2.55. The normalized spacial score (nSPS) is 10.9. The van der Waals surface area contributed by atoms with Crippen molar-refractivity contribution in [1.29, 1.82) is 0 Å². The van der Waals surface area contributed by atoms with Gasteiger partial charge in [0.15, 0.2) is 5.76 Å². The van der Waals surface area contributed by atoms with Crippen LogP contribution < -0.4 is 4.74 Å². The molecule has 4 aromatic rings. The van der Waals surface area contributed by atoms with Crippen LogP contribution >= 0.6 is 23.2 Å². The van der Waals surface area contributed by atoms with Crippen molar-refractivity contribution in [3.63, 3.8) is 0 Å². The van der Waals surface area contributed by atoms with Gasteiger partial charge in [-0.1, -0.05) is 46.6 Å². The van der Waals surface area contributed by atoms with Crippen molar-refractivity contribution in [2.75, 3.05) is 0 Å². The molecule has 0 saturated carbocycles. The summed E-state index contributed by atoms with van der Waals surface area (Å²) in [7, 11) is 0. The van der Waals surface area contributed by atoms with Crippen molar-refractivity contribution in [2.24, 2.45) is 0 Å². The summed E-state index contributed by atoms with van der Waals surface area (Å²) in [4.78, 5) is 4.35. The van der Waals surface area contributed by atoms with Gasteiger partial charge in [-0.15, -0.1) is 0 Å². The molecule has 0 bridgehead atoms. The number of para-hydroxylation sites is 1. The summed E-state index contributed by atoms with van der Waals surface area (Å²) >= 11 is 12.1. The van der Waals surface area contributed by atoms with Crippen LogP contribution in [0.1, 0.15) is 11.3 Å². The molecule has 5 nitrogen and oxygen atoms in total. The first-order valence-corrected chi connectivity index (χ1v) is 8.92. The second-order valence-electron chi connectivity index (χ2n) is 5.87. The van der Waals surface area contributed by atoms with Crippen molar-refractivity contribution in [3.8, 4) is 28.8 Å². The van der Waals surface area contributed by atoms with Gasteiger partial charge in [0.05, 0.1) is 5.02 Å². The predicted octanol–water partition coefficient (Wildman–Crippen LogP) is 6.19. The Kier molecular flexibility index (Phi) is 4.88. The number of hydrogen-bond acceptors (Lipinski definition) is 5. The monoisotopic (exact) mass is 400 g/mol. The molecule has 2 aromatic heterocycles. The van der Waals surface area contributed by atoms with Gasteiger partial charge in [-0.2, -0.15) is 4.98 Å². The molecule has 0 aliphatic carbocycles. The summed E-state index contributed by atoms with van der Waals surface area (Å²) in [5.41, 5.74) is 1.69. The lowest BCUT2D eigenvalue weighted by Gasteiger charge is -2.06. The van der Waals surface area contributed by atoms with E-state index in [-0.39, 0.29) is 5.89 Å². The van der Waals surface area contributed by atoms with E-state index in [0.717, 1.165) is 11.3 Å². The highest BCUT2D eigenvalue weighted by atomic mass is 35.5. The molecule has 0 aliphatic heterocycles. The first-order chi connectivity index (χ1) is 13.1. The Morgan fingerprint density at radius 3 is 2.70 bits per heavy atom. The quantitative estimate of drug-likeness (QED) is 0.399. The summed E-state index contributed by atoms with van der Waals surface area (Å²) in [6.45, 7) is 2.29. The van der Waals surface area contributed by atoms with E-state index in [0.29, 0.717) is 39.6 Å². The van der Waals surface area contributed by atoms with E-state index < -0.39 is 0 Å². The number of nitrogens with zero attached hydrogens (tertiary/aromatic N) is 2. The highest BCUT2D eigenvalue weighted by Gasteiger charge is 2.16. The molecule has 0 amide bonds. The molecule has 0 N–H and O–H groups in total. The van der Waals surface area contributed by atoms with Gasteiger partial charge in [-0.3, -0.25) is 0 Å². The van der Waals surface area contributed by atoms with Gasteiger partial charge in [0.25, 0.3) is 5.89 Å². The molecular weight excluding hydrogens is 387 g/mol. The fourth-order valence-corrected chi connectivity index (χ4v) is 3.03. The first-order valence-electron chi connectivity index (χ1n) is 8.17. The van der Waals surface area contributed by atoms with Crippen LogP contribution in [0.5, 0.6) is 5.75 Å². The Morgan fingerprint density at radius 2 is 1.89 bits per heavy atom. The Labute approximate surface area is 165 Å². The van der Waals surface area contributed by atoms with Crippen LogP contribution in [0.3, 0.4) is 0 Å². The number of rotatable bonds is 5. The number of hydrogen-bond donors (Lipinski definition) is 0. The maximum atomic E-state index is 6.19. The maximum Gasteiger partial charge on any atom is 0.293 e. The lowest BCUT2D eigenvalue weighted by molar-refractivity contribution is 0.269. The summed E-state index contributed by atoms with van der Waals surface area (Å²) in [6.07, 6.45) is 0. The van der Waals surface area contributed by atoms with Crippen LogP contribution in [-0.4, -0.2) is 10.1 Å². The third kappa shape index (κ3) is 3.84. The number of ether oxygens (including phenoxy) is 1. The fourth-order valence-electron chi connectivity index (χ4n) is 2.54. The molecule has 136 valence electrons. The Balaban J connectivity index is 1.50. The molecule has 0 atom stereocenters. The van der Waals surface area contributed by atoms with Gasteiger partial charge in [-0.05, 0) is 48.9 Å². The number of halogens is 2. The predicted molar refractivity (Wildman–Crippen MR) is 103 cm³/mol. The Hall–Kier alpha value is -2.76. The van der Waals surface area contributed by atoms with Crippen molar-refractivity contribution >= 4 is 23.2 Å². The van der Waals surface area contributed by atoms with Gasteiger partial charge in [0, 0.05) is 10.6 Å². The van der Waals surface area contributed by atoms with E-state index in [9.17, 15) is 0 Å². The highest BCUT2D eigenvalue weighted by Crippen LogP contribution is 2.30. The molecule has 0 spiro atoms. The first kappa shape index (κ1) is 17.6. The van der Waals surface area contributed by atoms with E-state index in [1.807, 2.05) is 37.3 Å². The molecule has 2 aromatic carbocycles. The van der Waals surface area contributed by atoms with Crippen LogP contribution in [0.15, 0.2) is 63.5 Å². The molecule has 27 heavy (non-hydrogen) atoms. The minimum absolute atomic E-state index is 0.262. The maximum absolute atomic E-state index is 6.19. The zero-order valence-electron chi connectivity index (χ0n) is 14.3. The van der Waals surface area contributed by atoms with E-state index in [1.54, 1.807) is 24.3 Å². The molecule has 0 unspecified atom stereocenters. The van der Waals surface area contributed by atoms with Gasteiger partial charge in [-0.25, -0.2) is 0 Å². The van der Waals surface area contributed by atoms with Gasteiger partial charge in [0.2, 0.25) is 5.82 Å². The summed E-state index contributed by atoms with van der Waals surface area (Å²) in [6, 6.07) is 16.5. The number of furan rings is 1. The lowest BCUT2D eigenvalue weighted by Crippen LogP contribution is -1.95. The number of aromatic nitrogens is 2. The van der Waals surface area contributed by atoms with Gasteiger partial charge < -0.3 is 13.7 Å². The molecule has 4 rings (SSSR count). The average molecular weight is 401 g/mol. The standard InChI is InChI=1S/C20H14Cl2N2O3/c1-12-4-2-3-5-17(12)25-11-14-7-9-18(26-14)20-23-19(24-27-20)15-8-6-13(21)10-16(15)22/h2-10H,11H2,1H3. The van der Waals surface area contributed by atoms with Crippen molar-refractivity contribution < 1.29 is 13.7 Å². The van der Waals surface area contributed by atoms with Crippen LogP contribution in [0, 0.1) is 6.92 Å². The molecule has 0 fully saturated rings.